The molecule has 4 nitrogen and oxygen atoms in total. The van der Waals surface area contributed by atoms with E-state index in [1.54, 1.807) is 12.1 Å². The van der Waals surface area contributed by atoms with Gasteiger partial charge in [-0.05, 0) is 25.0 Å². The lowest BCUT2D eigenvalue weighted by molar-refractivity contribution is 0.0696. The van der Waals surface area contributed by atoms with Crippen molar-refractivity contribution in [3.63, 3.8) is 0 Å². The van der Waals surface area contributed by atoms with Crippen LogP contribution in [-0.4, -0.2) is 22.6 Å². The van der Waals surface area contributed by atoms with Crippen LogP contribution in [0.15, 0.2) is 12.1 Å². The molecule has 0 spiro atoms. The average Bonchev–Trinajstić information content (AvgIpc) is 2.29. The normalized spacial score (nSPS) is 10.1. The van der Waals surface area contributed by atoms with E-state index in [9.17, 15) is 4.79 Å². The summed E-state index contributed by atoms with van der Waals surface area (Å²) in [4.78, 5) is 15.2. The number of nitrogens with zero attached hydrogens (tertiary/aromatic N) is 1. The van der Waals surface area contributed by atoms with E-state index < -0.39 is 5.97 Å². The predicted octanol–water partition coefficient (Wildman–Crippen LogP) is 2.55. The summed E-state index contributed by atoms with van der Waals surface area (Å²) in [5.41, 5.74) is 1.10. The molecule has 1 rings (SSSR count). The van der Waals surface area contributed by atoms with Crippen molar-refractivity contribution in [2.45, 2.75) is 33.1 Å². The number of aryl methyl sites for hydroxylation is 1. The fourth-order valence-electron chi connectivity index (χ4n) is 1.38. The smallest absolute Gasteiger partial charge is 0.335 e. The van der Waals surface area contributed by atoms with E-state index in [1.807, 2.05) is 6.92 Å². The Morgan fingerprint density at radius 3 is 2.75 bits per heavy atom. The van der Waals surface area contributed by atoms with Crippen LogP contribution in [0.5, 0.6) is 0 Å². The summed E-state index contributed by atoms with van der Waals surface area (Å²) in [5, 5.41) is 12.1. The lowest BCUT2D eigenvalue weighted by Gasteiger charge is -2.07. The van der Waals surface area contributed by atoms with Crippen molar-refractivity contribution in [3.05, 3.63) is 23.4 Å². The summed E-state index contributed by atoms with van der Waals surface area (Å²) >= 11 is 0. The maximum atomic E-state index is 10.9. The van der Waals surface area contributed by atoms with Gasteiger partial charge in [-0.2, -0.15) is 0 Å². The molecule has 0 aromatic carbocycles. The number of carboxylic acids is 1. The highest BCUT2D eigenvalue weighted by Gasteiger charge is 2.07. The number of nitrogens with one attached hydrogen (secondary N) is 1. The molecular weight excluding hydrogens is 204 g/mol. The summed E-state index contributed by atoms with van der Waals surface area (Å²) in [6.07, 6.45) is 2.90. The highest BCUT2D eigenvalue weighted by molar-refractivity contribution is 5.88. The summed E-state index contributed by atoms with van der Waals surface area (Å²) in [5.74, 6) is -0.249. The van der Waals surface area contributed by atoms with Crippen LogP contribution in [0.1, 0.15) is 42.7 Å². The molecule has 0 aliphatic carbocycles. The molecule has 16 heavy (non-hydrogen) atoms. The minimum Gasteiger partial charge on any atom is -0.478 e. The van der Waals surface area contributed by atoms with Crippen molar-refractivity contribution >= 4 is 11.8 Å². The fourth-order valence-corrected chi connectivity index (χ4v) is 1.38. The Kier molecular flexibility index (Phi) is 4.76. The number of anilines is 1. The maximum Gasteiger partial charge on any atom is 0.335 e. The second kappa shape index (κ2) is 6.10. The Labute approximate surface area is 95.7 Å². The number of hydrogen-bond donors (Lipinski definition) is 2. The molecule has 0 aliphatic rings. The number of hydrogen-bond acceptors (Lipinski definition) is 3. The van der Waals surface area contributed by atoms with Crippen LogP contribution >= 0.6 is 0 Å². The van der Waals surface area contributed by atoms with Crippen molar-refractivity contribution < 1.29 is 9.90 Å². The van der Waals surface area contributed by atoms with E-state index >= 15 is 0 Å². The quantitative estimate of drug-likeness (QED) is 0.726. The van der Waals surface area contributed by atoms with Crippen molar-refractivity contribution in [3.8, 4) is 0 Å². The first-order valence-electron chi connectivity index (χ1n) is 5.65. The Morgan fingerprint density at radius 2 is 2.19 bits per heavy atom. The summed E-state index contributed by atoms with van der Waals surface area (Å²) in [6, 6.07) is 3.20. The van der Waals surface area contributed by atoms with Crippen LogP contribution in [0.25, 0.3) is 0 Å². The zero-order valence-corrected chi connectivity index (χ0v) is 9.79. The molecule has 4 heteroatoms. The van der Waals surface area contributed by atoms with E-state index in [1.165, 1.54) is 0 Å². The average molecular weight is 222 g/mol. The van der Waals surface area contributed by atoms with Gasteiger partial charge in [0.25, 0.3) is 0 Å². The van der Waals surface area contributed by atoms with Crippen LogP contribution in [-0.2, 0) is 6.42 Å². The third kappa shape index (κ3) is 3.53. The number of carbonyl (C=O) groups is 1. The molecule has 0 saturated heterocycles. The Morgan fingerprint density at radius 1 is 1.44 bits per heavy atom. The summed E-state index contributed by atoms with van der Waals surface area (Å²) in [6.45, 7) is 4.90. The first-order chi connectivity index (χ1) is 7.67. The van der Waals surface area contributed by atoms with Gasteiger partial charge in [-0.3, -0.25) is 0 Å². The molecule has 0 amide bonds. The highest BCUT2D eigenvalue weighted by Crippen LogP contribution is 2.11. The van der Waals surface area contributed by atoms with E-state index in [2.05, 4.69) is 17.2 Å². The second-order valence-electron chi connectivity index (χ2n) is 3.67. The fraction of sp³-hybridized carbons (Fsp3) is 0.500. The second-order valence-corrected chi connectivity index (χ2v) is 3.67. The van der Waals surface area contributed by atoms with Gasteiger partial charge in [0.1, 0.15) is 5.82 Å². The number of aromatic carboxylic acids is 1. The molecule has 0 fully saturated rings. The van der Waals surface area contributed by atoms with Gasteiger partial charge in [-0.1, -0.05) is 20.3 Å². The number of rotatable bonds is 6. The molecule has 0 aliphatic heterocycles. The molecule has 1 aromatic heterocycles. The molecule has 88 valence electrons. The highest BCUT2D eigenvalue weighted by atomic mass is 16.4. The third-order valence-corrected chi connectivity index (χ3v) is 2.32. The van der Waals surface area contributed by atoms with Crippen LogP contribution in [0.3, 0.4) is 0 Å². The topological polar surface area (TPSA) is 62.2 Å². The zero-order chi connectivity index (χ0) is 12.0. The minimum atomic E-state index is -0.907. The van der Waals surface area contributed by atoms with Crippen LogP contribution in [0.2, 0.25) is 0 Å². The Balaban J connectivity index is 2.82. The first kappa shape index (κ1) is 12.5. The molecule has 0 saturated carbocycles. The van der Waals surface area contributed by atoms with Gasteiger partial charge in [0, 0.05) is 12.2 Å². The van der Waals surface area contributed by atoms with Crippen LogP contribution < -0.4 is 5.32 Å². The van der Waals surface area contributed by atoms with Gasteiger partial charge >= 0.3 is 5.97 Å². The number of carboxylic acid groups (broad SMARTS) is 1. The minimum absolute atomic E-state index is 0.297. The Hall–Kier alpha value is -1.58. The Bertz CT molecular complexity index is 364. The zero-order valence-electron chi connectivity index (χ0n) is 9.79. The molecule has 0 bridgehead atoms. The van der Waals surface area contributed by atoms with Crippen molar-refractivity contribution in [1.29, 1.82) is 0 Å². The van der Waals surface area contributed by atoms with Crippen molar-refractivity contribution in [2.75, 3.05) is 11.9 Å². The lowest BCUT2D eigenvalue weighted by Crippen LogP contribution is -2.07. The molecule has 1 aromatic rings. The van der Waals surface area contributed by atoms with E-state index in [0.29, 0.717) is 11.4 Å². The third-order valence-electron chi connectivity index (χ3n) is 2.32. The number of pyridine rings is 1. The first-order valence-corrected chi connectivity index (χ1v) is 5.65. The van der Waals surface area contributed by atoms with E-state index in [0.717, 1.165) is 31.5 Å². The van der Waals surface area contributed by atoms with Gasteiger partial charge in [-0.15, -0.1) is 0 Å². The van der Waals surface area contributed by atoms with Gasteiger partial charge in [0.2, 0.25) is 0 Å². The van der Waals surface area contributed by atoms with Gasteiger partial charge in [0.15, 0.2) is 0 Å². The van der Waals surface area contributed by atoms with E-state index in [-0.39, 0.29) is 0 Å². The summed E-state index contributed by atoms with van der Waals surface area (Å²) < 4.78 is 0. The molecule has 0 atom stereocenters. The molecule has 0 unspecified atom stereocenters. The van der Waals surface area contributed by atoms with Crippen molar-refractivity contribution in [1.82, 2.24) is 4.98 Å². The predicted molar refractivity (Wildman–Crippen MR) is 64.0 cm³/mol. The summed E-state index contributed by atoms with van der Waals surface area (Å²) in [7, 11) is 0. The maximum absolute atomic E-state index is 10.9. The lowest BCUT2D eigenvalue weighted by atomic mass is 10.2. The van der Waals surface area contributed by atoms with Crippen molar-refractivity contribution in [2.24, 2.45) is 0 Å². The van der Waals surface area contributed by atoms with E-state index in [4.69, 9.17) is 5.11 Å². The molecule has 2 N–H and O–H groups in total. The SMILES string of the molecule is CCCCNc1cc(C(=O)O)cc(CC)n1. The van der Waals surface area contributed by atoms with Gasteiger partial charge in [-0.25, -0.2) is 9.78 Å². The number of aromatic nitrogens is 1. The molecule has 0 radical (unpaired) electrons. The standard InChI is InChI=1S/C12H18N2O2/c1-3-5-6-13-11-8-9(12(15)16)7-10(4-2)14-11/h7-8H,3-6H2,1-2H3,(H,13,14)(H,15,16). The largest absolute Gasteiger partial charge is 0.478 e. The molecule has 1 heterocycles. The van der Waals surface area contributed by atoms with Crippen LogP contribution in [0.4, 0.5) is 5.82 Å². The van der Waals surface area contributed by atoms with Gasteiger partial charge in [0.05, 0.1) is 5.56 Å². The number of unbranched alkanes of at least 4 members (excludes halogenated alkanes) is 1. The molecular formula is C12H18N2O2. The van der Waals surface area contributed by atoms with Crippen LogP contribution in [0, 0.1) is 0 Å². The monoisotopic (exact) mass is 222 g/mol. The van der Waals surface area contributed by atoms with Gasteiger partial charge < -0.3 is 10.4 Å².